The van der Waals surface area contributed by atoms with E-state index in [4.69, 9.17) is 9.72 Å². The summed E-state index contributed by atoms with van der Waals surface area (Å²) in [6.45, 7) is 4.05. The van der Waals surface area contributed by atoms with Crippen LogP contribution in [0.2, 0.25) is 0 Å². The third kappa shape index (κ3) is 3.32. The standard InChI is InChI=1S/C17H21N3O/c1-11(2)21-14-8-6-13(7-9-14)17-19-15(12-4-5-12)10-16(18-3)20-17/h6-12H,4-5H2,1-3H3,(H,18,19,20). The number of ether oxygens (including phenoxy) is 1. The van der Waals surface area contributed by atoms with E-state index in [1.165, 1.54) is 12.8 Å². The number of benzene rings is 1. The molecule has 1 heterocycles. The molecule has 1 fully saturated rings. The molecule has 1 aromatic heterocycles. The summed E-state index contributed by atoms with van der Waals surface area (Å²) in [6, 6.07) is 10.0. The van der Waals surface area contributed by atoms with Crippen LogP contribution in [0.5, 0.6) is 5.75 Å². The average Bonchev–Trinajstić information content (AvgIpc) is 3.31. The lowest BCUT2D eigenvalue weighted by molar-refractivity contribution is 0.242. The van der Waals surface area contributed by atoms with Crippen molar-refractivity contribution in [2.45, 2.75) is 38.7 Å². The van der Waals surface area contributed by atoms with Crippen LogP contribution in [0, 0.1) is 0 Å². The molecule has 1 N–H and O–H groups in total. The van der Waals surface area contributed by atoms with Gasteiger partial charge in [0.25, 0.3) is 0 Å². The molecule has 0 atom stereocenters. The van der Waals surface area contributed by atoms with Gasteiger partial charge in [-0.2, -0.15) is 0 Å². The molecule has 0 bridgehead atoms. The first kappa shape index (κ1) is 13.9. The van der Waals surface area contributed by atoms with Crippen LogP contribution < -0.4 is 10.1 Å². The van der Waals surface area contributed by atoms with Crippen molar-refractivity contribution < 1.29 is 4.74 Å². The van der Waals surface area contributed by atoms with Gasteiger partial charge in [-0.25, -0.2) is 9.97 Å². The average molecular weight is 283 g/mol. The van der Waals surface area contributed by atoms with E-state index >= 15 is 0 Å². The van der Waals surface area contributed by atoms with Crippen molar-refractivity contribution in [1.29, 1.82) is 0 Å². The molecule has 0 radical (unpaired) electrons. The Morgan fingerprint density at radius 1 is 1.14 bits per heavy atom. The van der Waals surface area contributed by atoms with E-state index in [-0.39, 0.29) is 6.10 Å². The van der Waals surface area contributed by atoms with Gasteiger partial charge < -0.3 is 10.1 Å². The van der Waals surface area contributed by atoms with Gasteiger partial charge in [0.1, 0.15) is 11.6 Å². The van der Waals surface area contributed by atoms with Gasteiger partial charge >= 0.3 is 0 Å². The monoisotopic (exact) mass is 283 g/mol. The van der Waals surface area contributed by atoms with Crippen LogP contribution in [0.25, 0.3) is 11.4 Å². The highest BCUT2D eigenvalue weighted by atomic mass is 16.5. The van der Waals surface area contributed by atoms with Crippen LogP contribution in [-0.2, 0) is 0 Å². The zero-order chi connectivity index (χ0) is 14.8. The minimum atomic E-state index is 0.182. The van der Waals surface area contributed by atoms with Crippen LogP contribution in [0.15, 0.2) is 30.3 Å². The molecule has 110 valence electrons. The molecule has 4 heteroatoms. The third-order valence-corrected chi connectivity index (χ3v) is 3.48. The molecule has 1 aromatic carbocycles. The topological polar surface area (TPSA) is 47.0 Å². The first-order valence-electron chi connectivity index (χ1n) is 7.49. The summed E-state index contributed by atoms with van der Waals surface area (Å²) < 4.78 is 5.67. The van der Waals surface area contributed by atoms with Crippen LogP contribution in [0.4, 0.5) is 5.82 Å². The van der Waals surface area contributed by atoms with Gasteiger partial charge in [-0.1, -0.05) is 0 Å². The van der Waals surface area contributed by atoms with Crippen LogP contribution in [0.3, 0.4) is 0 Å². The zero-order valence-electron chi connectivity index (χ0n) is 12.8. The fourth-order valence-electron chi connectivity index (χ4n) is 2.27. The Balaban J connectivity index is 1.90. The molecule has 1 aliphatic carbocycles. The number of anilines is 1. The Labute approximate surface area is 125 Å². The lowest BCUT2D eigenvalue weighted by Crippen LogP contribution is -2.05. The third-order valence-electron chi connectivity index (χ3n) is 3.48. The SMILES string of the molecule is CNc1cc(C2CC2)nc(-c2ccc(OC(C)C)cc2)n1. The predicted octanol–water partition coefficient (Wildman–Crippen LogP) is 3.85. The molecular formula is C17H21N3O. The van der Waals surface area contributed by atoms with Crippen molar-refractivity contribution in [2.75, 3.05) is 12.4 Å². The number of nitrogens with zero attached hydrogens (tertiary/aromatic N) is 2. The van der Waals surface area contributed by atoms with E-state index < -0.39 is 0 Å². The van der Waals surface area contributed by atoms with Crippen molar-refractivity contribution >= 4 is 5.82 Å². The molecule has 4 nitrogen and oxygen atoms in total. The number of rotatable bonds is 5. The van der Waals surface area contributed by atoms with E-state index in [2.05, 4.69) is 16.4 Å². The first-order valence-corrected chi connectivity index (χ1v) is 7.49. The number of hydrogen-bond donors (Lipinski definition) is 1. The second-order valence-electron chi connectivity index (χ2n) is 5.72. The summed E-state index contributed by atoms with van der Waals surface area (Å²) in [5.41, 5.74) is 2.16. The summed E-state index contributed by atoms with van der Waals surface area (Å²) in [5, 5.41) is 3.12. The maximum absolute atomic E-state index is 5.67. The van der Waals surface area contributed by atoms with Crippen molar-refractivity contribution in [3.8, 4) is 17.1 Å². The summed E-state index contributed by atoms with van der Waals surface area (Å²) in [5.74, 6) is 3.15. The molecular weight excluding hydrogens is 262 g/mol. The van der Waals surface area contributed by atoms with Gasteiger partial charge in [0.05, 0.1) is 6.10 Å². The Morgan fingerprint density at radius 3 is 2.43 bits per heavy atom. The van der Waals surface area contributed by atoms with Gasteiger partial charge in [-0.05, 0) is 51.0 Å². The first-order chi connectivity index (χ1) is 10.2. The van der Waals surface area contributed by atoms with Crippen LogP contribution in [-0.4, -0.2) is 23.1 Å². The fourth-order valence-corrected chi connectivity index (χ4v) is 2.27. The lowest BCUT2D eigenvalue weighted by atomic mass is 10.2. The molecule has 0 unspecified atom stereocenters. The van der Waals surface area contributed by atoms with Gasteiger partial charge in [0.2, 0.25) is 0 Å². The Kier molecular flexibility index (Phi) is 3.78. The highest BCUT2D eigenvalue weighted by Gasteiger charge is 2.26. The van der Waals surface area contributed by atoms with Gasteiger partial charge in [0.15, 0.2) is 5.82 Å². The number of aromatic nitrogens is 2. The van der Waals surface area contributed by atoms with Crippen molar-refractivity contribution in [1.82, 2.24) is 9.97 Å². The molecule has 3 rings (SSSR count). The van der Waals surface area contributed by atoms with Crippen molar-refractivity contribution in [2.24, 2.45) is 0 Å². The maximum atomic E-state index is 5.67. The summed E-state index contributed by atoms with van der Waals surface area (Å²) >= 11 is 0. The highest BCUT2D eigenvalue weighted by Crippen LogP contribution is 2.40. The van der Waals surface area contributed by atoms with E-state index in [1.54, 1.807) is 0 Å². The molecule has 1 saturated carbocycles. The maximum Gasteiger partial charge on any atom is 0.161 e. The van der Waals surface area contributed by atoms with Crippen molar-refractivity contribution in [3.05, 3.63) is 36.0 Å². The highest BCUT2D eigenvalue weighted by molar-refractivity contribution is 5.59. The van der Waals surface area contributed by atoms with E-state index in [0.29, 0.717) is 5.92 Å². The minimum absolute atomic E-state index is 0.182. The fraction of sp³-hybridized carbons (Fsp3) is 0.412. The van der Waals surface area contributed by atoms with Gasteiger partial charge in [-0.3, -0.25) is 0 Å². The van der Waals surface area contributed by atoms with E-state index in [1.807, 2.05) is 45.2 Å². The summed E-state index contributed by atoms with van der Waals surface area (Å²) in [7, 11) is 1.89. The van der Waals surface area contributed by atoms with Gasteiger partial charge in [-0.15, -0.1) is 0 Å². The molecule has 0 spiro atoms. The van der Waals surface area contributed by atoms with Crippen LogP contribution >= 0.6 is 0 Å². The predicted molar refractivity (Wildman–Crippen MR) is 84.8 cm³/mol. The summed E-state index contributed by atoms with van der Waals surface area (Å²) in [6.07, 6.45) is 2.66. The quantitative estimate of drug-likeness (QED) is 0.905. The molecule has 1 aliphatic rings. The van der Waals surface area contributed by atoms with Gasteiger partial charge in [0, 0.05) is 30.3 Å². The van der Waals surface area contributed by atoms with Crippen LogP contribution in [0.1, 0.15) is 38.3 Å². The second kappa shape index (κ2) is 5.72. The zero-order valence-corrected chi connectivity index (χ0v) is 12.8. The molecule has 0 aliphatic heterocycles. The minimum Gasteiger partial charge on any atom is -0.491 e. The van der Waals surface area contributed by atoms with E-state index in [9.17, 15) is 0 Å². The number of hydrogen-bond acceptors (Lipinski definition) is 4. The largest absolute Gasteiger partial charge is 0.491 e. The Morgan fingerprint density at radius 2 is 1.86 bits per heavy atom. The Bertz CT molecular complexity index is 618. The molecule has 0 amide bonds. The van der Waals surface area contributed by atoms with E-state index in [0.717, 1.165) is 28.6 Å². The molecule has 21 heavy (non-hydrogen) atoms. The normalized spacial score (nSPS) is 14.3. The van der Waals surface area contributed by atoms with Crippen molar-refractivity contribution in [3.63, 3.8) is 0 Å². The Hall–Kier alpha value is -2.10. The number of nitrogens with one attached hydrogen (secondary N) is 1. The smallest absolute Gasteiger partial charge is 0.161 e. The second-order valence-corrected chi connectivity index (χ2v) is 5.72. The lowest BCUT2D eigenvalue weighted by Gasteiger charge is -2.11. The summed E-state index contributed by atoms with van der Waals surface area (Å²) in [4.78, 5) is 9.27. The molecule has 0 saturated heterocycles. The molecule has 2 aromatic rings.